The van der Waals surface area contributed by atoms with Crippen molar-refractivity contribution in [2.45, 2.75) is 18.7 Å². The molecule has 7 heteroatoms. The highest BCUT2D eigenvalue weighted by Gasteiger charge is 2.24. The van der Waals surface area contributed by atoms with E-state index < -0.39 is 10.0 Å². The smallest absolute Gasteiger partial charge is 0.267 e. The lowest BCUT2D eigenvalue weighted by atomic mass is 10.2. The molecule has 0 aliphatic rings. The van der Waals surface area contributed by atoms with Gasteiger partial charge < -0.3 is 9.84 Å². The third-order valence-electron chi connectivity index (χ3n) is 3.44. The molecule has 0 amide bonds. The lowest BCUT2D eigenvalue weighted by molar-refractivity contribution is 0.390. The van der Waals surface area contributed by atoms with E-state index in [9.17, 15) is 8.42 Å². The molecule has 0 spiro atoms. The molecular weight excluding hydrogens is 326 g/mol. The van der Waals surface area contributed by atoms with E-state index in [1.807, 2.05) is 30.3 Å². The van der Waals surface area contributed by atoms with Crippen molar-refractivity contribution in [2.75, 3.05) is 10.0 Å². The van der Waals surface area contributed by atoms with Crippen molar-refractivity contribution < 1.29 is 12.9 Å². The number of aromatic nitrogens is 1. The third-order valence-corrected chi connectivity index (χ3v) is 5.06. The van der Waals surface area contributed by atoms with Crippen molar-refractivity contribution in [1.29, 1.82) is 0 Å². The van der Waals surface area contributed by atoms with Crippen LogP contribution >= 0.6 is 0 Å². The van der Waals surface area contributed by atoms with E-state index in [0.717, 1.165) is 11.4 Å². The molecule has 124 valence electrons. The normalized spacial score (nSPS) is 11.2. The lowest BCUT2D eigenvalue weighted by Crippen LogP contribution is -2.14. The van der Waals surface area contributed by atoms with Gasteiger partial charge in [0.05, 0.1) is 0 Å². The molecule has 0 atom stereocenters. The van der Waals surface area contributed by atoms with E-state index in [4.69, 9.17) is 4.52 Å². The maximum Gasteiger partial charge on any atom is 0.267 e. The zero-order valence-corrected chi connectivity index (χ0v) is 14.1. The molecule has 3 aromatic rings. The topological polar surface area (TPSA) is 84.2 Å². The zero-order chi connectivity index (χ0) is 17.2. The van der Waals surface area contributed by atoms with Crippen LogP contribution in [-0.4, -0.2) is 13.6 Å². The highest BCUT2D eigenvalue weighted by atomic mass is 32.2. The molecule has 2 N–H and O–H groups in total. The number of anilines is 3. The second kappa shape index (κ2) is 6.37. The van der Waals surface area contributed by atoms with Crippen LogP contribution in [0.5, 0.6) is 0 Å². The predicted molar refractivity (Wildman–Crippen MR) is 93.0 cm³/mol. The summed E-state index contributed by atoms with van der Waals surface area (Å²) in [6.07, 6.45) is 0. The predicted octanol–water partition coefficient (Wildman–Crippen LogP) is 3.84. The standard InChI is InChI=1S/C17H17N3O3S/c1-12-17(13(2)23-19-12)24(21,22)20-16-10-8-15(9-11-16)18-14-6-4-3-5-7-14/h3-11,18,20H,1-2H3. The first-order valence-corrected chi connectivity index (χ1v) is 8.82. The number of benzene rings is 2. The molecule has 2 aromatic carbocycles. The molecule has 1 heterocycles. The van der Waals surface area contributed by atoms with E-state index in [0.29, 0.717) is 11.4 Å². The number of sulfonamides is 1. The van der Waals surface area contributed by atoms with Crippen LogP contribution in [0.1, 0.15) is 11.5 Å². The number of hydrogen-bond acceptors (Lipinski definition) is 5. The Kier molecular flexibility index (Phi) is 4.26. The molecule has 0 radical (unpaired) electrons. The van der Waals surface area contributed by atoms with Crippen LogP contribution in [-0.2, 0) is 10.0 Å². The van der Waals surface area contributed by atoms with Crippen molar-refractivity contribution in [3.05, 3.63) is 66.1 Å². The lowest BCUT2D eigenvalue weighted by Gasteiger charge is -2.10. The molecule has 24 heavy (non-hydrogen) atoms. The molecule has 0 aliphatic carbocycles. The first-order valence-electron chi connectivity index (χ1n) is 7.33. The summed E-state index contributed by atoms with van der Waals surface area (Å²) < 4.78 is 32.4. The number of nitrogens with one attached hydrogen (secondary N) is 2. The van der Waals surface area contributed by atoms with Crippen LogP contribution in [0.4, 0.5) is 17.1 Å². The average molecular weight is 343 g/mol. The maximum absolute atomic E-state index is 12.5. The Labute approximate surface area is 140 Å². The first-order chi connectivity index (χ1) is 11.5. The second-order valence-electron chi connectivity index (χ2n) is 5.33. The Morgan fingerprint density at radius 1 is 0.875 bits per heavy atom. The van der Waals surface area contributed by atoms with E-state index in [1.165, 1.54) is 0 Å². The van der Waals surface area contributed by atoms with Crippen LogP contribution in [0, 0.1) is 13.8 Å². The molecule has 0 bridgehead atoms. The van der Waals surface area contributed by atoms with Gasteiger partial charge >= 0.3 is 0 Å². The Bertz CT molecular complexity index is 913. The average Bonchev–Trinajstić information content (AvgIpc) is 2.90. The van der Waals surface area contributed by atoms with Gasteiger partial charge in [0.2, 0.25) is 0 Å². The van der Waals surface area contributed by atoms with Gasteiger partial charge in [-0.05, 0) is 50.2 Å². The van der Waals surface area contributed by atoms with Gasteiger partial charge in [0, 0.05) is 17.1 Å². The van der Waals surface area contributed by atoms with E-state index >= 15 is 0 Å². The van der Waals surface area contributed by atoms with Crippen molar-refractivity contribution in [3.63, 3.8) is 0 Å². The van der Waals surface area contributed by atoms with Crippen LogP contribution in [0.3, 0.4) is 0 Å². The summed E-state index contributed by atoms with van der Waals surface area (Å²) in [5.41, 5.74) is 2.62. The van der Waals surface area contributed by atoms with Crippen LogP contribution in [0.2, 0.25) is 0 Å². The maximum atomic E-state index is 12.5. The summed E-state index contributed by atoms with van der Waals surface area (Å²) in [4.78, 5) is 0.0778. The fourth-order valence-electron chi connectivity index (χ4n) is 2.37. The zero-order valence-electron chi connectivity index (χ0n) is 13.3. The van der Waals surface area contributed by atoms with Crippen molar-refractivity contribution in [1.82, 2.24) is 5.16 Å². The third kappa shape index (κ3) is 3.41. The molecular formula is C17H17N3O3S. The second-order valence-corrected chi connectivity index (χ2v) is 6.95. The number of para-hydroxylation sites is 1. The summed E-state index contributed by atoms with van der Waals surface area (Å²) in [7, 11) is -3.73. The summed E-state index contributed by atoms with van der Waals surface area (Å²) >= 11 is 0. The van der Waals surface area contributed by atoms with E-state index in [2.05, 4.69) is 15.2 Å². The van der Waals surface area contributed by atoms with Crippen LogP contribution in [0.15, 0.2) is 64.0 Å². The Morgan fingerprint density at radius 3 is 2.04 bits per heavy atom. The van der Waals surface area contributed by atoms with Gasteiger partial charge in [-0.3, -0.25) is 4.72 Å². The molecule has 0 saturated heterocycles. The van der Waals surface area contributed by atoms with Gasteiger partial charge in [0.1, 0.15) is 5.69 Å². The minimum Gasteiger partial charge on any atom is -0.360 e. The van der Waals surface area contributed by atoms with Crippen molar-refractivity contribution in [2.24, 2.45) is 0 Å². The van der Waals surface area contributed by atoms with Gasteiger partial charge in [-0.15, -0.1) is 0 Å². The van der Waals surface area contributed by atoms with Gasteiger partial charge in [-0.25, -0.2) is 8.42 Å². The Balaban J connectivity index is 1.77. The fourth-order valence-corrected chi connectivity index (χ4v) is 3.76. The van der Waals surface area contributed by atoms with E-state index in [-0.39, 0.29) is 10.7 Å². The number of aryl methyl sites for hydroxylation is 2. The minimum atomic E-state index is -3.73. The Hall–Kier alpha value is -2.80. The van der Waals surface area contributed by atoms with Crippen molar-refractivity contribution >= 4 is 27.1 Å². The minimum absolute atomic E-state index is 0.0778. The molecule has 0 saturated carbocycles. The number of hydrogen-bond donors (Lipinski definition) is 2. The largest absolute Gasteiger partial charge is 0.360 e. The molecule has 0 unspecified atom stereocenters. The molecule has 6 nitrogen and oxygen atoms in total. The molecule has 0 aliphatic heterocycles. The highest BCUT2D eigenvalue weighted by molar-refractivity contribution is 7.92. The summed E-state index contributed by atoms with van der Waals surface area (Å²) in [5, 5.41) is 6.92. The first kappa shape index (κ1) is 16.1. The molecule has 3 rings (SSSR count). The SMILES string of the molecule is Cc1noc(C)c1S(=O)(=O)Nc1ccc(Nc2ccccc2)cc1. The summed E-state index contributed by atoms with van der Waals surface area (Å²) in [6.45, 7) is 3.17. The number of rotatable bonds is 5. The highest BCUT2D eigenvalue weighted by Crippen LogP contribution is 2.24. The summed E-state index contributed by atoms with van der Waals surface area (Å²) in [5.74, 6) is 0.266. The van der Waals surface area contributed by atoms with Crippen LogP contribution < -0.4 is 10.0 Å². The van der Waals surface area contributed by atoms with Gasteiger partial charge in [0.15, 0.2) is 10.7 Å². The van der Waals surface area contributed by atoms with Gasteiger partial charge in [-0.2, -0.15) is 0 Å². The Morgan fingerprint density at radius 2 is 1.46 bits per heavy atom. The van der Waals surface area contributed by atoms with Crippen LogP contribution in [0.25, 0.3) is 0 Å². The van der Waals surface area contributed by atoms with Gasteiger partial charge in [0.25, 0.3) is 10.0 Å². The molecule has 0 fully saturated rings. The number of nitrogens with zero attached hydrogens (tertiary/aromatic N) is 1. The quantitative estimate of drug-likeness (QED) is 0.735. The fraction of sp³-hybridized carbons (Fsp3) is 0.118. The monoisotopic (exact) mass is 343 g/mol. The summed E-state index contributed by atoms with van der Waals surface area (Å²) in [6, 6.07) is 16.7. The van der Waals surface area contributed by atoms with E-state index in [1.54, 1.807) is 38.1 Å². The van der Waals surface area contributed by atoms with Crippen molar-refractivity contribution in [3.8, 4) is 0 Å². The van der Waals surface area contributed by atoms with Gasteiger partial charge in [-0.1, -0.05) is 23.4 Å². The molecule has 1 aromatic heterocycles.